The Hall–Kier alpha value is -2.10. The second-order valence-electron chi connectivity index (χ2n) is 3.99. The molecule has 2 aromatic rings. The Morgan fingerprint density at radius 1 is 1.35 bits per heavy atom. The summed E-state index contributed by atoms with van der Waals surface area (Å²) in [5.41, 5.74) is 2.13. The van der Waals surface area contributed by atoms with E-state index in [1.807, 2.05) is 32.9 Å². The summed E-state index contributed by atoms with van der Waals surface area (Å²) in [6.45, 7) is 12.1. The average molecular weight is 273 g/mol. The van der Waals surface area contributed by atoms with Crippen LogP contribution in [0, 0.1) is 6.92 Å². The molecule has 0 fully saturated rings. The third-order valence-corrected chi connectivity index (χ3v) is 2.64. The van der Waals surface area contributed by atoms with Gasteiger partial charge >= 0.3 is 0 Å². The SMILES string of the molecule is C=CCOc1cc(CC)ccc1-n1cnc(C)n1.CC. The smallest absolute Gasteiger partial charge is 0.147 e. The predicted molar refractivity (Wildman–Crippen MR) is 82.5 cm³/mol. The van der Waals surface area contributed by atoms with Crippen LogP contribution in [0.1, 0.15) is 32.2 Å². The maximum Gasteiger partial charge on any atom is 0.147 e. The van der Waals surface area contributed by atoms with Crippen LogP contribution < -0.4 is 4.74 Å². The molecule has 0 saturated heterocycles. The number of ether oxygens (including phenoxy) is 1. The molecule has 1 aromatic heterocycles. The molecule has 4 heteroatoms. The topological polar surface area (TPSA) is 39.9 Å². The van der Waals surface area contributed by atoms with Crippen LogP contribution in [-0.4, -0.2) is 21.4 Å². The molecule has 20 heavy (non-hydrogen) atoms. The lowest BCUT2D eigenvalue weighted by molar-refractivity contribution is 0.360. The summed E-state index contributed by atoms with van der Waals surface area (Å²) in [6, 6.07) is 6.12. The highest BCUT2D eigenvalue weighted by molar-refractivity contribution is 5.48. The largest absolute Gasteiger partial charge is 0.487 e. The van der Waals surface area contributed by atoms with E-state index in [1.165, 1.54) is 5.56 Å². The van der Waals surface area contributed by atoms with E-state index in [0.717, 1.165) is 23.7 Å². The Bertz CT molecular complexity index is 546. The molecule has 0 aliphatic rings. The van der Waals surface area contributed by atoms with Crippen LogP contribution in [-0.2, 0) is 6.42 Å². The maximum absolute atomic E-state index is 5.69. The molecule has 0 N–H and O–H groups in total. The van der Waals surface area contributed by atoms with E-state index < -0.39 is 0 Å². The van der Waals surface area contributed by atoms with E-state index in [9.17, 15) is 0 Å². The maximum atomic E-state index is 5.69. The molecule has 1 aromatic carbocycles. The van der Waals surface area contributed by atoms with Gasteiger partial charge in [0.1, 0.15) is 30.2 Å². The van der Waals surface area contributed by atoms with Gasteiger partial charge in [-0.1, -0.05) is 39.5 Å². The first-order valence-electron chi connectivity index (χ1n) is 7.00. The first-order valence-corrected chi connectivity index (χ1v) is 7.00. The van der Waals surface area contributed by atoms with E-state index in [2.05, 4.69) is 29.7 Å². The molecule has 0 atom stereocenters. The van der Waals surface area contributed by atoms with Gasteiger partial charge in [0.05, 0.1) is 0 Å². The van der Waals surface area contributed by atoms with Crippen molar-refractivity contribution in [1.82, 2.24) is 14.8 Å². The van der Waals surface area contributed by atoms with Crippen molar-refractivity contribution in [3.8, 4) is 11.4 Å². The number of nitrogens with zero attached hydrogens (tertiary/aromatic N) is 3. The van der Waals surface area contributed by atoms with Gasteiger partial charge in [-0.15, -0.1) is 0 Å². The van der Waals surface area contributed by atoms with Gasteiger partial charge in [-0.3, -0.25) is 0 Å². The molecule has 0 radical (unpaired) electrons. The monoisotopic (exact) mass is 273 g/mol. The summed E-state index contributed by atoms with van der Waals surface area (Å²) in [5.74, 6) is 1.54. The molecule has 0 bridgehead atoms. The number of hydrogen-bond acceptors (Lipinski definition) is 3. The van der Waals surface area contributed by atoms with Gasteiger partial charge in [-0.05, 0) is 31.0 Å². The van der Waals surface area contributed by atoms with E-state index in [1.54, 1.807) is 17.1 Å². The number of rotatable bonds is 5. The number of benzene rings is 1. The molecule has 108 valence electrons. The van der Waals surface area contributed by atoms with Gasteiger partial charge in [0, 0.05) is 0 Å². The Morgan fingerprint density at radius 2 is 2.10 bits per heavy atom. The van der Waals surface area contributed by atoms with Crippen molar-refractivity contribution >= 4 is 0 Å². The van der Waals surface area contributed by atoms with Gasteiger partial charge in [0.25, 0.3) is 0 Å². The minimum atomic E-state index is 0.480. The lowest BCUT2D eigenvalue weighted by Crippen LogP contribution is -2.02. The molecular formula is C16H23N3O. The lowest BCUT2D eigenvalue weighted by atomic mass is 10.1. The fourth-order valence-electron chi connectivity index (χ4n) is 1.69. The quantitative estimate of drug-likeness (QED) is 0.779. The molecule has 4 nitrogen and oxygen atoms in total. The Morgan fingerprint density at radius 3 is 2.65 bits per heavy atom. The Balaban J connectivity index is 0.000000956. The van der Waals surface area contributed by atoms with Crippen LogP contribution in [0.5, 0.6) is 5.75 Å². The van der Waals surface area contributed by atoms with Crippen LogP contribution in [0.15, 0.2) is 37.2 Å². The van der Waals surface area contributed by atoms with E-state index in [0.29, 0.717) is 6.61 Å². The standard InChI is InChI=1S/C14H17N3O.C2H6/c1-4-8-18-14-9-12(5-2)6-7-13(14)17-10-15-11(3)16-17;1-2/h4,6-7,9-10H,1,5,8H2,2-3H3;1-2H3. The zero-order valence-electron chi connectivity index (χ0n) is 12.8. The van der Waals surface area contributed by atoms with Gasteiger partial charge in [-0.25, -0.2) is 9.67 Å². The van der Waals surface area contributed by atoms with Crippen molar-refractivity contribution < 1.29 is 4.74 Å². The van der Waals surface area contributed by atoms with Crippen LogP contribution in [0.3, 0.4) is 0 Å². The minimum Gasteiger partial charge on any atom is -0.487 e. The van der Waals surface area contributed by atoms with Crippen LogP contribution in [0.2, 0.25) is 0 Å². The highest BCUT2D eigenvalue weighted by Gasteiger charge is 2.08. The second-order valence-corrected chi connectivity index (χ2v) is 3.99. The highest BCUT2D eigenvalue weighted by Crippen LogP contribution is 2.24. The Kier molecular flexibility index (Phi) is 6.50. The number of aryl methyl sites for hydroxylation is 2. The summed E-state index contributed by atoms with van der Waals surface area (Å²) in [4.78, 5) is 4.13. The van der Waals surface area contributed by atoms with Crippen LogP contribution >= 0.6 is 0 Å². The predicted octanol–water partition coefficient (Wildman–Crippen LogP) is 3.73. The Labute approximate surface area is 121 Å². The zero-order chi connectivity index (χ0) is 15.0. The van der Waals surface area contributed by atoms with Gasteiger partial charge in [0.15, 0.2) is 0 Å². The van der Waals surface area contributed by atoms with Crippen molar-refractivity contribution in [2.24, 2.45) is 0 Å². The number of aromatic nitrogens is 3. The van der Waals surface area contributed by atoms with Crippen LogP contribution in [0.25, 0.3) is 5.69 Å². The van der Waals surface area contributed by atoms with Crippen molar-refractivity contribution in [3.05, 3.63) is 48.6 Å². The summed E-state index contributed by atoms with van der Waals surface area (Å²) < 4.78 is 7.42. The van der Waals surface area contributed by atoms with E-state index in [4.69, 9.17) is 4.74 Å². The van der Waals surface area contributed by atoms with Crippen molar-refractivity contribution in [2.45, 2.75) is 34.1 Å². The van der Waals surface area contributed by atoms with Crippen molar-refractivity contribution in [3.63, 3.8) is 0 Å². The van der Waals surface area contributed by atoms with Gasteiger partial charge in [-0.2, -0.15) is 5.10 Å². The fourth-order valence-corrected chi connectivity index (χ4v) is 1.69. The molecule has 1 heterocycles. The second kappa shape index (κ2) is 8.15. The molecule has 0 amide bonds. The molecule has 0 spiro atoms. The van der Waals surface area contributed by atoms with Crippen LogP contribution in [0.4, 0.5) is 0 Å². The molecule has 0 saturated carbocycles. The molecule has 0 unspecified atom stereocenters. The van der Waals surface area contributed by atoms with Crippen molar-refractivity contribution in [1.29, 1.82) is 0 Å². The fraction of sp³-hybridized carbons (Fsp3) is 0.375. The summed E-state index contributed by atoms with van der Waals surface area (Å²) in [6.07, 6.45) is 4.40. The summed E-state index contributed by atoms with van der Waals surface area (Å²) >= 11 is 0. The third kappa shape index (κ3) is 3.95. The molecule has 0 aliphatic heterocycles. The summed E-state index contributed by atoms with van der Waals surface area (Å²) in [7, 11) is 0. The highest BCUT2D eigenvalue weighted by atomic mass is 16.5. The molecule has 2 rings (SSSR count). The van der Waals surface area contributed by atoms with E-state index >= 15 is 0 Å². The normalized spacial score (nSPS) is 9.60. The summed E-state index contributed by atoms with van der Waals surface area (Å²) in [5, 5.41) is 4.30. The van der Waals surface area contributed by atoms with Crippen molar-refractivity contribution in [2.75, 3.05) is 6.61 Å². The number of hydrogen-bond donors (Lipinski definition) is 0. The zero-order valence-corrected chi connectivity index (χ0v) is 12.8. The first-order chi connectivity index (χ1) is 9.74. The van der Waals surface area contributed by atoms with Gasteiger partial charge in [0.2, 0.25) is 0 Å². The van der Waals surface area contributed by atoms with E-state index in [-0.39, 0.29) is 0 Å². The molecule has 0 aliphatic carbocycles. The minimum absolute atomic E-state index is 0.480. The first kappa shape index (κ1) is 16.0. The van der Waals surface area contributed by atoms with Gasteiger partial charge < -0.3 is 4.74 Å². The average Bonchev–Trinajstić information content (AvgIpc) is 2.93. The third-order valence-electron chi connectivity index (χ3n) is 2.64. The molecular weight excluding hydrogens is 250 g/mol. The lowest BCUT2D eigenvalue weighted by Gasteiger charge is -2.11.